The zero-order valence-electron chi connectivity index (χ0n) is 17.0. The van der Waals surface area contributed by atoms with Crippen LogP contribution in [0.2, 0.25) is 0 Å². The van der Waals surface area contributed by atoms with E-state index in [2.05, 4.69) is 61.5 Å². The molecule has 0 saturated heterocycles. The Hall–Kier alpha value is -2.59. The van der Waals surface area contributed by atoms with Crippen molar-refractivity contribution in [2.75, 3.05) is 0 Å². The van der Waals surface area contributed by atoms with Crippen LogP contribution in [0.15, 0.2) is 78.6 Å². The van der Waals surface area contributed by atoms with E-state index in [9.17, 15) is 0 Å². The predicted octanol–water partition coefficient (Wildman–Crippen LogP) is 6.75. The quantitative estimate of drug-likeness (QED) is 0.124. The van der Waals surface area contributed by atoms with Crippen LogP contribution in [0.3, 0.4) is 0 Å². The minimum absolute atomic E-state index is 0. The Morgan fingerprint density at radius 3 is 2.30 bits per heavy atom. The molecule has 3 nitrogen and oxygen atoms in total. The topological polar surface area (TPSA) is 54.5 Å². The number of hydrogen-bond donors (Lipinski definition) is 1. The molecule has 4 rings (SSSR count). The fourth-order valence-corrected chi connectivity index (χ4v) is 3.73. The van der Waals surface area contributed by atoms with Crippen LogP contribution in [0.25, 0.3) is 32.6 Å². The van der Waals surface area contributed by atoms with E-state index in [1.54, 1.807) is 11.3 Å². The number of carbonyl (C=O) groups excluding carboxylic acids is 1. The first-order chi connectivity index (χ1) is 13.9. The first-order valence-electron chi connectivity index (χ1n) is 9.27. The number of hydrogen-bond acceptors (Lipinski definition) is 3. The molecule has 155 valence electrons. The van der Waals surface area contributed by atoms with Gasteiger partial charge in [0, 0.05) is 25.5 Å². The number of aliphatic hydroxyl groups excluding tert-OH is 1. The molecule has 5 heteroatoms. The fourth-order valence-electron chi connectivity index (χ4n) is 2.96. The van der Waals surface area contributed by atoms with Gasteiger partial charge in [-0.15, -0.1) is 0 Å². The second kappa shape index (κ2) is 11.0. The van der Waals surface area contributed by atoms with Crippen molar-refractivity contribution < 1.29 is 30.0 Å². The van der Waals surface area contributed by atoms with E-state index >= 15 is 0 Å². The summed E-state index contributed by atoms with van der Waals surface area (Å²) in [6, 6.07) is 26.3. The minimum atomic E-state index is 0. The molecule has 2 heterocycles. The molecule has 0 saturated carbocycles. The normalized spacial score (nSPS) is 10.7. The monoisotopic (exact) mass is 594 g/mol. The van der Waals surface area contributed by atoms with Gasteiger partial charge < -0.3 is 10.1 Å². The summed E-state index contributed by atoms with van der Waals surface area (Å²) in [5.74, 6) is 0.250. The van der Waals surface area contributed by atoms with Crippen molar-refractivity contribution in [3.05, 3.63) is 89.5 Å². The fraction of sp³-hybridized carbons (Fsp3) is 0.120. The summed E-state index contributed by atoms with van der Waals surface area (Å²) < 4.78 is 0. The smallest absolute Gasteiger partial charge is 0.316 e. The van der Waals surface area contributed by atoms with E-state index in [4.69, 9.17) is 14.9 Å². The molecule has 1 radical (unpaired) electrons. The van der Waals surface area contributed by atoms with Gasteiger partial charge in [-0.2, -0.15) is 12.1 Å². The predicted molar refractivity (Wildman–Crippen MR) is 123 cm³/mol. The molecule has 2 aromatic heterocycles. The van der Waals surface area contributed by atoms with E-state index in [0.717, 1.165) is 16.1 Å². The number of nitrogens with zero attached hydrogens (tertiary/aromatic N) is 1. The number of thiophene rings is 1. The summed E-state index contributed by atoms with van der Waals surface area (Å²) in [7, 11) is 0. The Bertz CT molecular complexity index is 1160. The number of allylic oxidation sites excluding steroid dienone is 2. The van der Waals surface area contributed by atoms with Crippen molar-refractivity contribution >= 4 is 28.0 Å². The number of pyridine rings is 1. The number of aliphatic hydroxyl groups is 1. The van der Waals surface area contributed by atoms with Crippen LogP contribution in [-0.2, 0) is 20.1 Å². The second-order valence-electron chi connectivity index (χ2n) is 6.70. The zero-order chi connectivity index (χ0) is 20.8. The van der Waals surface area contributed by atoms with Crippen molar-refractivity contribution in [3.8, 4) is 21.7 Å². The Balaban J connectivity index is 0.000000350. The van der Waals surface area contributed by atoms with Crippen LogP contribution in [0.1, 0.15) is 18.7 Å². The molecule has 0 unspecified atom stereocenters. The van der Waals surface area contributed by atoms with Gasteiger partial charge in [-0.3, -0.25) is 4.79 Å². The molecule has 4 aromatic rings. The molecular weight excluding hydrogens is 571 g/mol. The van der Waals surface area contributed by atoms with Crippen LogP contribution < -0.4 is 0 Å². The van der Waals surface area contributed by atoms with E-state index in [1.807, 2.05) is 18.2 Å². The van der Waals surface area contributed by atoms with Crippen molar-refractivity contribution in [1.82, 2.24) is 4.98 Å². The molecule has 0 atom stereocenters. The van der Waals surface area contributed by atoms with Gasteiger partial charge in [0.05, 0.1) is 24.3 Å². The third-order valence-corrected chi connectivity index (χ3v) is 5.09. The molecule has 0 aliphatic carbocycles. The number of rotatable bonds is 3. The maximum atomic E-state index is 8.40. The van der Waals surface area contributed by atoms with Gasteiger partial charge >= 0.3 is 5.78 Å². The summed E-state index contributed by atoms with van der Waals surface area (Å²) >= 11 is 1.74. The number of benzene rings is 2. The Morgan fingerprint density at radius 1 is 1.07 bits per heavy atom. The molecule has 0 aliphatic heterocycles. The van der Waals surface area contributed by atoms with Gasteiger partial charge in [-0.05, 0) is 29.8 Å². The largest absolute Gasteiger partial charge is 0.512 e. The molecule has 0 bridgehead atoms. The average Bonchev–Trinajstić information content (AvgIpc) is 3.13. The summed E-state index contributed by atoms with van der Waals surface area (Å²) in [6.45, 7) is 5.10. The van der Waals surface area contributed by atoms with Crippen LogP contribution in [0.5, 0.6) is 0 Å². The van der Waals surface area contributed by atoms with Crippen LogP contribution >= 0.6 is 11.3 Å². The molecule has 2 aromatic carbocycles. The molecule has 2 N–H and O–H groups in total. The molecule has 0 aliphatic rings. The second-order valence-corrected chi connectivity index (χ2v) is 7.95. The summed E-state index contributed by atoms with van der Waals surface area (Å²) in [5, 5.41) is 9.59. The maximum Gasteiger partial charge on any atom is 0.316 e. The summed E-state index contributed by atoms with van der Waals surface area (Å²) in [6.07, 6.45) is 1.28. The number of para-hydroxylation sites is 1. The first kappa shape index (κ1) is 23.7. The standard InChI is InChI=1S/C20H14NS.C5H8O2.Ir/c1-14-11-12-20(22-14)19-13-17(15-7-3-2-4-8-15)16-9-5-6-10-18(16)21-19;1-4(6)3-5(2)7;/h2-11,13H,1H3;3,6H,1-2H3;/q-1;;/p+1. The van der Waals surface area contributed by atoms with Gasteiger partial charge in [-0.1, -0.05) is 71.3 Å². The molecule has 30 heavy (non-hydrogen) atoms. The van der Waals surface area contributed by atoms with Gasteiger partial charge in [0.15, 0.2) is 0 Å². The Kier molecular flexibility index (Phi) is 8.67. The first-order valence-corrected chi connectivity index (χ1v) is 10.1. The molecule has 0 amide bonds. The Morgan fingerprint density at radius 2 is 1.73 bits per heavy atom. The third kappa shape index (κ3) is 6.20. The molecule has 0 spiro atoms. The van der Waals surface area contributed by atoms with Crippen molar-refractivity contribution in [3.63, 3.8) is 0 Å². The number of aromatic nitrogens is 1. The van der Waals surface area contributed by atoms with Gasteiger partial charge in [0.1, 0.15) is 0 Å². The van der Waals surface area contributed by atoms with Gasteiger partial charge in [0.2, 0.25) is 0 Å². The van der Waals surface area contributed by atoms with Crippen molar-refractivity contribution in [1.29, 1.82) is 0 Å². The zero-order valence-corrected chi connectivity index (χ0v) is 20.2. The summed E-state index contributed by atoms with van der Waals surface area (Å²) in [5.41, 5.74) is 4.46. The van der Waals surface area contributed by atoms with Gasteiger partial charge in [0.25, 0.3) is 0 Å². The average molecular weight is 594 g/mol. The van der Waals surface area contributed by atoms with Crippen LogP contribution in [0.4, 0.5) is 0 Å². The van der Waals surface area contributed by atoms with E-state index in [-0.39, 0.29) is 31.6 Å². The Labute approximate surface area is 194 Å². The minimum Gasteiger partial charge on any atom is -0.512 e. The van der Waals surface area contributed by atoms with E-state index in [0.29, 0.717) is 0 Å². The number of fused-ring (bicyclic) bond motifs is 1. The van der Waals surface area contributed by atoms with Crippen molar-refractivity contribution in [2.24, 2.45) is 0 Å². The molecular formula is C25H23IrNO2S. The van der Waals surface area contributed by atoms with Gasteiger partial charge in [-0.25, -0.2) is 11.3 Å². The SMILES string of the molecule is CC(=[OH+])C=C(C)O.Cc1c[c-]c(-c2cc(-c3ccccc3)c3ccccc3n2)s1.[Ir]. The number of aryl methyl sites for hydroxylation is 1. The van der Waals surface area contributed by atoms with Crippen LogP contribution in [0, 0.1) is 13.0 Å². The third-order valence-electron chi connectivity index (χ3n) is 4.12. The van der Waals surface area contributed by atoms with E-state index < -0.39 is 0 Å². The molecule has 0 fully saturated rings. The maximum absolute atomic E-state index is 8.40. The summed E-state index contributed by atoms with van der Waals surface area (Å²) in [4.78, 5) is 15.6. The van der Waals surface area contributed by atoms with Crippen molar-refractivity contribution in [2.45, 2.75) is 20.8 Å². The van der Waals surface area contributed by atoms with E-state index in [1.165, 1.54) is 41.3 Å². The number of ketones is 1. The van der Waals surface area contributed by atoms with Crippen LogP contribution in [-0.4, -0.2) is 20.7 Å².